The minimum absolute atomic E-state index is 0.764. The van der Waals surface area contributed by atoms with E-state index in [-0.39, 0.29) is 0 Å². The molecule has 0 aliphatic rings. The number of aryl methyl sites for hydroxylation is 1. The molecule has 64 valence electrons. The van der Waals surface area contributed by atoms with Gasteiger partial charge in [-0.2, -0.15) is 0 Å². The fourth-order valence-corrected chi connectivity index (χ4v) is 0.734. The lowest BCUT2D eigenvalue weighted by molar-refractivity contribution is 0.894. The maximum atomic E-state index is 4.79. The second-order valence-corrected chi connectivity index (χ2v) is 2.52. The third kappa shape index (κ3) is 2.71. The van der Waals surface area contributed by atoms with Crippen LogP contribution in [0.15, 0.2) is 31.1 Å². The van der Waals surface area contributed by atoms with Gasteiger partial charge in [0, 0.05) is 31.8 Å². The van der Waals surface area contributed by atoms with Gasteiger partial charge >= 0.3 is 0 Å². The number of imidazole rings is 2. The van der Waals surface area contributed by atoms with Gasteiger partial charge in [-0.1, -0.05) is 0 Å². The number of aromatic nitrogens is 4. The van der Waals surface area contributed by atoms with Gasteiger partial charge in [0.25, 0.3) is 0 Å². The van der Waals surface area contributed by atoms with E-state index >= 15 is 0 Å². The van der Waals surface area contributed by atoms with Crippen LogP contribution in [0, 0.1) is 4.77 Å². The van der Waals surface area contributed by atoms with E-state index in [4.69, 9.17) is 12.2 Å². The van der Waals surface area contributed by atoms with Gasteiger partial charge in [0.15, 0.2) is 4.77 Å². The van der Waals surface area contributed by atoms with Gasteiger partial charge in [-0.05, 0) is 12.2 Å². The Labute approximate surface area is 75.3 Å². The molecule has 5 heteroatoms. The molecule has 0 atom stereocenters. The molecular weight excluding hydrogens is 172 g/mol. The normalized spacial score (nSPS) is 8.75. The van der Waals surface area contributed by atoms with Crippen LogP contribution >= 0.6 is 12.2 Å². The predicted octanol–water partition coefficient (Wildman–Crippen LogP) is 1.49. The molecule has 0 spiro atoms. The van der Waals surface area contributed by atoms with Crippen LogP contribution in [-0.4, -0.2) is 19.5 Å². The first-order valence-electron chi connectivity index (χ1n) is 3.43. The summed E-state index contributed by atoms with van der Waals surface area (Å²) in [7, 11) is 1.90. The third-order valence-electron chi connectivity index (χ3n) is 1.23. The molecule has 0 aromatic carbocycles. The molecule has 0 bridgehead atoms. The summed E-state index contributed by atoms with van der Waals surface area (Å²) in [5.74, 6) is 0. The average Bonchev–Trinajstić information content (AvgIpc) is 2.67. The Morgan fingerprint density at radius 3 is 2.50 bits per heavy atom. The van der Waals surface area contributed by atoms with E-state index in [1.807, 2.05) is 24.0 Å². The summed E-state index contributed by atoms with van der Waals surface area (Å²) < 4.78 is 2.61. The van der Waals surface area contributed by atoms with Crippen molar-refractivity contribution < 1.29 is 0 Å². The van der Waals surface area contributed by atoms with Crippen LogP contribution < -0.4 is 0 Å². The van der Waals surface area contributed by atoms with E-state index < -0.39 is 0 Å². The number of aromatic amines is 2. The Balaban J connectivity index is 0.000000127. The summed E-state index contributed by atoms with van der Waals surface area (Å²) in [6.07, 6.45) is 8.77. The number of hydrogen-bond acceptors (Lipinski definition) is 2. The maximum Gasteiger partial charge on any atom is 0.176 e. The number of H-pyrrole nitrogens is 2. The first kappa shape index (κ1) is 8.73. The van der Waals surface area contributed by atoms with Gasteiger partial charge in [0.1, 0.15) is 0 Å². The molecule has 0 unspecified atom stereocenters. The van der Waals surface area contributed by atoms with Crippen molar-refractivity contribution in [2.24, 2.45) is 7.05 Å². The van der Waals surface area contributed by atoms with Crippen LogP contribution in [0.3, 0.4) is 0 Å². The molecule has 12 heavy (non-hydrogen) atoms. The van der Waals surface area contributed by atoms with E-state index in [1.165, 1.54) is 0 Å². The predicted molar refractivity (Wildman–Crippen MR) is 49.2 cm³/mol. The van der Waals surface area contributed by atoms with Crippen molar-refractivity contribution in [3.05, 3.63) is 35.9 Å². The summed E-state index contributed by atoms with van der Waals surface area (Å²) in [4.78, 5) is 9.26. The van der Waals surface area contributed by atoms with E-state index in [0.717, 1.165) is 4.77 Å². The highest BCUT2D eigenvalue weighted by molar-refractivity contribution is 7.71. The van der Waals surface area contributed by atoms with Crippen molar-refractivity contribution in [2.45, 2.75) is 0 Å². The van der Waals surface area contributed by atoms with E-state index in [9.17, 15) is 0 Å². The Hall–Kier alpha value is -1.36. The quantitative estimate of drug-likeness (QED) is 0.606. The molecule has 0 saturated carbocycles. The molecular formula is C7H10N4S. The zero-order valence-electron chi connectivity index (χ0n) is 6.69. The molecule has 4 nitrogen and oxygen atoms in total. The first-order chi connectivity index (χ1) is 5.80. The van der Waals surface area contributed by atoms with Crippen LogP contribution in [-0.2, 0) is 7.05 Å². The second-order valence-electron chi connectivity index (χ2n) is 2.14. The number of rotatable bonds is 0. The highest BCUT2D eigenvalue weighted by Crippen LogP contribution is 1.81. The van der Waals surface area contributed by atoms with Gasteiger partial charge in [0.2, 0.25) is 0 Å². The zero-order chi connectivity index (χ0) is 8.81. The van der Waals surface area contributed by atoms with Gasteiger partial charge < -0.3 is 14.5 Å². The van der Waals surface area contributed by atoms with Gasteiger partial charge in [-0.25, -0.2) is 4.98 Å². The smallest absolute Gasteiger partial charge is 0.176 e. The Bertz CT molecular complexity index is 328. The molecule has 2 N–H and O–H groups in total. The molecule has 0 fully saturated rings. The topological polar surface area (TPSA) is 49.4 Å². The summed E-state index contributed by atoms with van der Waals surface area (Å²) in [5, 5.41) is 0. The van der Waals surface area contributed by atoms with E-state index in [0.29, 0.717) is 0 Å². The van der Waals surface area contributed by atoms with Gasteiger partial charge in [-0.3, -0.25) is 0 Å². The van der Waals surface area contributed by atoms with Crippen molar-refractivity contribution in [3.63, 3.8) is 0 Å². The van der Waals surface area contributed by atoms with Crippen LogP contribution in [0.5, 0.6) is 0 Å². The van der Waals surface area contributed by atoms with Crippen molar-refractivity contribution in [1.82, 2.24) is 19.5 Å². The second kappa shape index (κ2) is 4.50. The SMILES string of the molecule is Cn1cc[nH]c1=S.c1c[nH]cn1. The summed E-state index contributed by atoms with van der Waals surface area (Å²) in [6.45, 7) is 0. The highest BCUT2D eigenvalue weighted by Gasteiger charge is 1.76. The highest BCUT2D eigenvalue weighted by atomic mass is 32.1. The molecule has 2 aromatic rings. The number of hydrogen-bond donors (Lipinski definition) is 2. The summed E-state index contributed by atoms with van der Waals surface area (Å²) >= 11 is 4.79. The maximum absolute atomic E-state index is 4.79. The standard InChI is InChI=1S/C4H6N2S.C3H4N2/c1-6-3-2-5-4(6)7;1-2-5-3-4-1/h2-3H,1H3,(H,5,7);1-3H,(H,4,5). The lowest BCUT2D eigenvalue weighted by Crippen LogP contribution is -1.81. The van der Waals surface area contributed by atoms with Gasteiger partial charge in [0.05, 0.1) is 6.33 Å². The Morgan fingerprint density at radius 2 is 2.33 bits per heavy atom. The monoisotopic (exact) mass is 182 g/mol. The van der Waals surface area contributed by atoms with Crippen LogP contribution in [0.1, 0.15) is 0 Å². The fourth-order valence-electron chi connectivity index (χ4n) is 0.605. The molecule has 0 radical (unpaired) electrons. The molecule has 0 aliphatic carbocycles. The first-order valence-corrected chi connectivity index (χ1v) is 3.84. The van der Waals surface area contributed by atoms with E-state index in [2.05, 4.69) is 15.0 Å². The zero-order valence-corrected chi connectivity index (χ0v) is 7.51. The minimum Gasteiger partial charge on any atom is -0.351 e. The summed E-state index contributed by atoms with van der Waals surface area (Å²) in [5.41, 5.74) is 0. The lowest BCUT2D eigenvalue weighted by atomic mass is 10.9. The largest absolute Gasteiger partial charge is 0.351 e. The third-order valence-corrected chi connectivity index (χ3v) is 1.64. The Kier molecular flexibility index (Phi) is 3.28. The molecule has 2 rings (SSSR count). The molecule has 0 aliphatic heterocycles. The average molecular weight is 182 g/mol. The van der Waals surface area contributed by atoms with E-state index in [1.54, 1.807) is 18.7 Å². The van der Waals surface area contributed by atoms with Crippen molar-refractivity contribution in [2.75, 3.05) is 0 Å². The van der Waals surface area contributed by atoms with Crippen LogP contribution in [0.25, 0.3) is 0 Å². The van der Waals surface area contributed by atoms with Crippen LogP contribution in [0.2, 0.25) is 0 Å². The van der Waals surface area contributed by atoms with Crippen molar-refractivity contribution in [1.29, 1.82) is 0 Å². The molecule has 0 saturated heterocycles. The lowest BCUT2D eigenvalue weighted by Gasteiger charge is -1.79. The molecule has 0 amide bonds. The number of nitrogens with one attached hydrogen (secondary N) is 2. The molecule has 2 heterocycles. The van der Waals surface area contributed by atoms with Crippen LogP contribution in [0.4, 0.5) is 0 Å². The number of nitrogens with zero attached hydrogens (tertiary/aromatic N) is 2. The Morgan fingerprint density at radius 1 is 1.50 bits per heavy atom. The minimum atomic E-state index is 0.764. The van der Waals surface area contributed by atoms with Gasteiger partial charge in [-0.15, -0.1) is 0 Å². The molecule has 2 aromatic heterocycles. The summed E-state index contributed by atoms with van der Waals surface area (Å²) in [6, 6.07) is 0. The fraction of sp³-hybridized carbons (Fsp3) is 0.143. The van der Waals surface area contributed by atoms with Crippen molar-refractivity contribution >= 4 is 12.2 Å². The van der Waals surface area contributed by atoms with Crippen molar-refractivity contribution in [3.8, 4) is 0 Å².